The first-order chi connectivity index (χ1) is 8.40. The van der Waals surface area contributed by atoms with Gasteiger partial charge in [0, 0.05) is 10.6 Å². The van der Waals surface area contributed by atoms with E-state index in [0.717, 1.165) is 27.3 Å². The van der Waals surface area contributed by atoms with Crippen molar-refractivity contribution in [2.75, 3.05) is 0 Å². The minimum absolute atomic E-state index is 0.0321. The Bertz CT molecular complexity index is 592. The van der Waals surface area contributed by atoms with Gasteiger partial charge < -0.3 is 0 Å². The summed E-state index contributed by atoms with van der Waals surface area (Å²) < 4.78 is 1.41. The van der Waals surface area contributed by atoms with E-state index in [1.54, 1.807) is 0 Å². The fourth-order valence-corrected chi connectivity index (χ4v) is 4.66. The maximum atomic E-state index is 6.19. The van der Waals surface area contributed by atoms with Gasteiger partial charge in [0.15, 0.2) is 0 Å². The lowest BCUT2D eigenvalue weighted by molar-refractivity contribution is 1.14. The first-order valence-corrected chi connectivity index (χ1v) is 8.12. The second-order valence-corrected chi connectivity index (χ2v) is 7.71. The fraction of sp³-hybridized carbons (Fsp3) is 0.231. The first kappa shape index (κ1) is 14.7. The number of aryl methyl sites for hydroxylation is 2. The molecule has 1 aromatic carbocycles. The van der Waals surface area contributed by atoms with Gasteiger partial charge in [-0.1, -0.05) is 56.8 Å². The van der Waals surface area contributed by atoms with Crippen molar-refractivity contribution in [3.63, 3.8) is 0 Å². The molecule has 0 fully saturated rings. The summed E-state index contributed by atoms with van der Waals surface area (Å²) in [4.78, 5) is 0.0321. The Morgan fingerprint density at radius 3 is 2.22 bits per heavy atom. The summed E-state index contributed by atoms with van der Waals surface area (Å²) in [5.74, 6) is 0. The quantitative estimate of drug-likeness (QED) is 0.499. The number of hydrogen-bond acceptors (Lipinski definition) is 1. The molecular weight excluding hydrogens is 374 g/mol. The number of benzene rings is 1. The van der Waals surface area contributed by atoms with Crippen LogP contribution in [0.3, 0.4) is 0 Å². The number of rotatable bonds is 2. The zero-order chi connectivity index (χ0) is 13.4. The maximum absolute atomic E-state index is 6.19. The number of hydrogen-bond donors (Lipinski definition) is 0. The highest BCUT2D eigenvalue weighted by Gasteiger charge is 2.19. The zero-order valence-corrected chi connectivity index (χ0v) is 14.4. The van der Waals surface area contributed by atoms with E-state index in [1.165, 1.54) is 11.3 Å². The molecule has 1 atom stereocenters. The molecule has 0 spiro atoms. The number of thiophene rings is 1. The predicted molar refractivity (Wildman–Crippen MR) is 86.0 cm³/mol. The van der Waals surface area contributed by atoms with Crippen LogP contribution in [0, 0.1) is 13.8 Å². The number of halogens is 4. The van der Waals surface area contributed by atoms with Gasteiger partial charge in [-0.3, -0.25) is 0 Å². The summed E-state index contributed by atoms with van der Waals surface area (Å²) in [6.07, 6.45) is 0. The van der Waals surface area contributed by atoms with Gasteiger partial charge in [0.25, 0.3) is 0 Å². The molecular formula is C13H10BrCl3S. The lowest BCUT2D eigenvalue weighted by atomic mass is 10.00. The molecule has 2 aromatic rings. The van der Waals surface area contributed by atoms with Crippen LogP contribution >= 0.6 is 62.1 Å². The van der Waals surface area contributed by atoms with Gasteiger partial charge in [-0.05, 0) is 42.7 Å². The average Bonchev–Trinajstić information content (AvgIpc) is 2.62. The molecule has 0 aliphatic heterocycles. The Labute approximate surface area is 134 Å². The van der Waals surface area contributed by atoms with E-state index >= 15 is 0 Å². The maximum Gasteiger partial charge on any atom is 0.0990 e. The van der Waals surface area contributed by atoms with Crippen LogP contribution in [-0.4, -0.2) is 0 Å². The van der Waals surface area contributed by atoms with E-state index in [1.807, 2.05) is 26.0 Å². The third-order valence-corrected chi connectivity index (χ3v) is 5.69. The van der Waals surface area contributed by atoms with Crippen LogP contribution < -0.4 is 0 Å². The third-order valence-electron chi connectivity index (χ3n) is 2.78. The van der Waals surface area contributed by atoms with E-state index in [0.29, 0.717) is 8.67 Å². The minimum Gasteiger partial charge on any atom is -0.111 e. The van der Waals surface area contributed by atoms with Crippen molar-refractivity contribution in [3.05, 3.63) is 54.1 Å². The van der Waals surface area contributed by atoms with Crippen LogP contribution in [0.15, 0.2) is 18.2 Å². The summed E-state index contributed by atoms with van der Waals surface area (Å²) in [5, 5.41) is 0.783. The van der Waals surface area contributed by atoms with Crippen molar-refractivity contribution >= 4 is 62.1 Å². The van der Waals surface area contributed by atoms with Crippen molar-refractivity contribution < 1.29 is 0 Å². The highest BCUT2D eigenvalue weighted by molar-refractivity contribution is 9.09. The summed E-state index contributed by atoms with van der Waals surface area (Å²) in [5.41, 5.74) is 4.34. The third kappa shape index (κ3) is 2.88. The van der Waals surface area contributed by atoms with Crippen LogP contribution in [0.25, 0.3) is 0 Å². The lowest BCUT2D eigenvalue weighted by Gasteiger charge is -2.14. The Kier molecular flexibility index (Phi) is 4.66. The van der Waals surface area contributed by atoms with E-state index < -0.39 is 0 Å². The molecule has 96 valence electrons. The Hall–Kier alpha value is 0.270. The molecule has 1 unspecified atom stereocenters. The van der Waals surface area contributed by atoms with Gasteiger partial charge in [0.05, 0.1) is 13.5 Å². The van der Waals surface area contributed by atoms with Crippen LogP contribution in [0.2, 0.25) is 13.7 Å². The summed E-state index contributed by atoms with van der Waals surface area (Å²) in [6, 6.07) is 5.96. The van der Waals surface area contributed by atoms with Crippen LogP contribution in [0.5, 0.6) is 0 Å². The van der Waals surface area contributed by atoms with E-state index in [9.17, 15) is 0 Å². The Balaban J connectivity index is 2.49. The van der Waals surface area contributed by atoms with Crippen LogP contribution in [-0.2, 0) is 0 Å². The van der Waals surface area contributed by atoms with Gasteiger partial charge in [0.1, 0.15) is 0 Å². The van der Waals surface area contributed by atoms with Gasteiger partial charge in [-0.15, -0.1) is 11.3 Å². The molecule has 18 heavy (non-hydrogen) atoms. The molecule has 1 heterocycles. The second-order valence-electron chi connectivity index (χ2n) is 4.10. The lowest BCUT2D eigenvalue weighted by Crippen LogP contribution is -1.96. The van der Waals surface area contributed by atoms with Gasteiger partial charge in [-0.25, -0.2) is 0 Å². The normalized spacial score (nSPS) is 12.8. The van der Waals surface area contributed by atoms with Crippen molar-refractivity contribution in [1.82, 2.24) is 0 Å². The molecule has 0 amide bonds. The van der Waals surface area contributed by atoms with Crippen molar-refractivity contribution in [2.45, 2.75) is 18.7 Å². The van der Waals surface area contributed by atoms with Gasteiger partial charge in [-0.2, -0.15) is 0 Å². The molecule has 0 nitrogen and oxygen atoms in total. The average molecular weight is 385 g/mol. The van der Waals surface area contributed by atoms with Gasteiger partial charge in [0.2, 0.25) is 0 Å². The smallest absolute Gasteiger partial charge is 0.0990 e. The summed E-state index contributed by atoms with van der Waals surface area (Å²) in [7, 11) is 0. The highest BCUT2D eigenvalue weighted by atomic mass is 79.9. The predicted octanol–water partition coefficient (Wildman–Crippen LogP) is 6.81. The number of alkyl halides is 1. The Morgan fingerprint density at radius 2 is 1.67 bits per heavy atom. The molecule has 5 heteroatoms. The molecule has 0 saturated carbocycles. The Morgan fingerprint density at radius 1 is 1.00 bits per heavy atom. The van der Waals surface area contributed by atoms with Crippen LogP contribution in [0.4, 0.5) is 0 Å². The molecule has 2 rings (SSSR count). The fourth-order valence-electron chi connectivity index (χ4n) is 1.77. The summed E-state index contributed by atoms with van der Waals surface area (Å²) >= 11 is 23.4. The van der Waals surface area contributed by atoms with Crippen molar-refractivity contribution in [3.8, 4) is 0 Å². The topological polar surface area (TPSA) is 0 Å². The van der Waals surface area contributed by atoms with E-state index in [-0.39, 0.29) is 4.83 Å². The van der Waals surface area contributed by atoms with Crippen molar-refractivity contribution in [2.24, 2.45) is 0 Å². The first-order valence-electron chi connectivity index (χ1n) is 5.25. The molecule has 0 bridgehead atoms. The standard InChI is InChI=1S/C13H10BrCl3S/c1-6-4-10(15)7(2)3-8(6)12(14)9-5-11(16)18-13(9)17/h3-5,12H,1-2H3. The molecule has 0 saturated heterocycles. The molecule has 0 aliphatic rings. The summed E-state index contributed by atoms with van der Waals surface area (Å²) in [6.45, 7) is 4.03. The van der Waals surface area contributed by atoms with Crippen LogP contribution in [0.1, 0.15) is 27.1 Å². The molecule has 0 N–H and O–H groups in total. The zero-order valence-electron chi connectivity index (χ0n) is 9.73. The minimum atomic E-state index is 0.0321. The van der Waals surface area contributed by atoms with E-state index in [2.05, 4.69) is 22.0 Å². The second kappa shape index (κ2) is 5.72. The van der Waals surface area contributed by atoms with Gasteiger partial charge >= 0.3 is 0 Å². The van der Waals surface area contributed by atoms with Crippen molar-refractivity contribution in [1.29, 1.82) is 0 Å². The highest BCUT2D eigenvalue weighted by Crippen LogP contribution is 2.43. The molecule has 0 aliphatic carbocycles. The molecule has 1 aromatic heterocycles. The van der Waals surface area contributed by atoms with E-state index in [4.69, 9.17) is 34.8 Å². The molecule has 0 radical (unpaired) electrons. The monoisotopic (exact) mass is 382 g/mol. The largest absolute Gasteiger partial charge is 0.111 e. The SMILES string of the molecule is Cc1cc(C(Br)c2cc(Cl)sc2Cl)c(C)cc1Cl.